The maximum Gasteiger partial charge on any atom is 0.233 e. The van der Waals surface area contributed by atoms with Gasteiger partial charge in [0.05, 0.1) is 32.8 Å². The minimum atomic E-state index is -0.282. The fourth-order valence-electron chi connectivity index (χ4n) is 3.50. The number of halogens is 1. The Bertz CT molecular complexity index is 1150. The summed E-state index contributed by atoms with van der Waals surface area (Å²) in [6, 6.07) is 13.7. The van der Waals surface area contributed by atoms with Crippen molar-refractivity contribution in [1.29, 1.82) is 0 Å². The molecule has 2 aromatic carbocycles. The van der Waals surface area contributed by atoms with Crippen LogP contribution in [0, 0.1) is 5.82 Å². The van der Waals surface area contributed by atoms with E-state index in [9.17, 15) is 9.18 Å². The molecule has 0 saturated heterocycles. The van der Waals surface area contributed by atoms with E-state index in [0.717, 1.165) is 36.2 Å². The van der Waals surface area contributed by atoms with E-state index in [2.05, 4.69) is 43.1 Å². The second kappa shape index (κ2) is 17.7. The summed E-state index contributed by atoms with van der Waals surface area (Å²) in [5.41, 5.74) is 7.89. The normalized spacial score (nSPS) is 10.8. The quantitative estimate of drug-likeness (QED) is 0.140. The number of nitrogens with one attached hydrogen (secondary N) is 4. The molecule has 6 N–H and O–H groups in total. The minimum Gasteiger partial charge on any atom is -0.378 e. The van der Waals surface area contributed by atoms with Crippen LogP contribution in [0.5, 0.6) is 0 Å². The van der Waals surface area contributed by atoms with Gasteiger partial charge in [-0.3, -0.25) is 4.79 Å². The Labute approximate surface area is 234 Å². The zero-order valence-electron chi connectivity index (χ0n) is 22.9. The van der Waals surface area contributed by atoms with Crippen LogP contribution in [0.3, 0.4) is 0 Å². The van der Waals surface area contributed by atoms with Crippen LogP contribution < -0.4 is 27.0 Å². The molecule has 3 rings (SSSR count). The maximum atomic E-state index is 13.2. The molecular weight excluding hydrogens is 515 g/mol. The summed E-state index contributed by atoms with van der Waals surface area (Å²) < 4.78 is 23.9. The number of rotatable bonds is 19. The number of aromatic nitrogens is 3. The maximum absolute atomic E-state index is 13.2. The van der Waals surface area contributed by atoms with Crippen molar-refractivity contribution in [3.05, 3.63) is 65.5 Å². The molecule has 216 valence electrons. The Kier molecular flexibility index (Phi) is 13.5. The number of hydrogen-bond acceptors (Lipinski definition) is 10. The van der Waals surface area contributed by atoms with Gasteiger partial charge >= 0.3 is 0 Å². The number of carbonyl (C=O) groups is 1. The molecular formula is C28H39FN8O3. The molecule has 40 heavy (non-hydrogen) atoms. The number of nitrogens with two attached hydrogens (primary N) is 1. The number of unbranched alkanes of at least 4 members (excludes halogenated alkanes) is 1. The summed E-state index contributed by atoms with van der Waals surface area (Å²) in [7, 11) is 0. The lowest BCUT2D eigenvalue weighted by Crippen LogP contribution is -2.29. The van der Waals surface area contributed by atoms with Gasteiger partial charge in [0.2, 0.25) is 23.8 Å². The van der Waals surface area contributed by atoms with Gasteiger partial charge in [0, 0.05) is 31.9 Å². The van der Waals surface area contributed by atoms with Crippen molar-refractivity contribution < 1.29 is 18.7 Å². The highest BCUT2D eigenvalue weighted by Crippen LogP contribution is 2.18. The Morgan fingerprint density at radius 3 is 2.17 bits per heavy atom. The Hall–Kier alpha value is -3.87. The van der Waals surface area contributed by atoms with Crippen molar-refractivity contribution in [3.63, 3.8) is 0 Å². The number of hydrogen-bond donors (Lipinski definition) is 5. The molecule has 0 atom stereocenters. The van der Waals surface area contributed by atoms with Crippen molar-refractivity contribution in [1.82, 2.24) is 20.3 Å². The van der Waals surface area contributed by atoms with E-state index in [4.69, 9.17) is 15.2 Å². The molecule has 1 aromatic heterocycles. The van der Waals surface area contributed by atoms with Gasteiger partial charge in [-0.2, -0.15) is 15.0 Å². The van der Waals surface area contributed by atoms with Crippen LogP contribution in [0.1, 0.15) is 30.9 Å². The fraction of sp³-hybridized carbons (Fsp3) is 0.429. The Morgan fingerprint density at radius 2 is 1.48 bits per heavy atom. The highest BCUT2D eigenvalue weighted by Gasteiger charge is 2.09. The van der Waals surface area contributed by atoms with Crippen molar-refractivity contribution in [2.45, 2.75) is 32.7 Å². The number of amides is 1. The fourth-order valence-corrected chi connectivity index (χ4v) is 3.50. The largest absolute Gasteiger partial charge is 0.378 e. The minimum absolute atomic E-state index is 0.0826. The molecule has 3 aromatic rings. The highest BCUT2D eigenvalue weighted by molar-refractivity contribution is 5.78. The number of ether oxygens (including phenoxy) is 2. The molecule has 0 bridgehead atoms. The SMILES string of the molecule is CCCCNc1nc(NCc2ccc(F)cc2)nc(Nc2ccc(CC(=O)NCCOCCOCCN)cc2)n1. The average Bonchev–Trinajstić information content (AvgIpc) is 2.95. The van der Waals surface area contributed by atoms with Crippen LogP contribution in [0.25, 0.3) is 0 Å². The van der Waals surface area contributed by atoms with E-state index in [-0.39, 0.29) is 18.1 Å². The number of anilines is 4. The van der Waals surface area contributed by atoms with Gasteiger partial charge in [-0.15, -0.1) is 0 Å². The topological polar surface area (TPSA) is 148 Å². The lowest BCUT2D eigenvalue weighted by atomic mass is 10.1. The van der Waals surface area contributed by atoms with Crippen molar-refractivity contribution >= 4 is 29.4 Å². The van der Waals surface area contributed by atoms with Crippen LogP contribution >= 0.6 is 0 Å². The lowest BCUT2D eigenvalue weighted by molar-refractivity contribution is -0.120. The molecule has 0 saturated carbocycles. The van der Waals surface area contributed by atoms with Gasteiger partial charge < -0.3 is 36.5 Å². The highest BCUT2D eigenvalue weighted by atomic mass is 19.1. The van der Waals surface area contributed by atoms with Gasteiger partial charge in [-0.05, 0) is 41.8 Å². The Morgan fingerprint density at radius 1 is 0.825 bits per heavy atom. The molecule has 0 aliphatic rings. The first-order valence-electron chi connectivity index (χ1n) is 13.5. The van der Waals surface area contributed by atoms with Gasteiger partial charge in [0.25, 0.3) is 0 Å². The predicted octanol–water partition coefficient (Wildman–Crippen LogP) is 3.23. The Balaban J connectivity index is 1.51. The van der Waals surface area contributed by atoms with E-state index < -0.39 is 0 Å². The summed E-state index contributed by atoms with van der Waals surface area (Å²) in [6.45, 7) is 6.09. The molecule has 1 amide bonds. The third-order valence-corrected chi connectivity index (χ3v) is 5.59. The molecule has 0 aliphatic heterocycles. The van der Waals surface area contributed by atoms with Crippen LogP contribution in [-0.2, 0) is 27.2 Å². The van der Waals surface area contributed by atoms with E-state index in [1.807, 2.05) is 24.3 Å². The van der Waals surface area contributed by atoms with Crippen LogP contribution in [0.4, 0.5) is 27.9 Å². The monoisotopic (exact) mass is 554 g/mol. The molecule has 0 aliphatic carbocycles. The standard InChI is InChI=1S/C28H39FN8O3/c1-2-3-13-32-26-35-27(33-20-22-4-8-23(29)9-5-22)37-28(36-26)34-24-10-6-21(7-11-24)19-25(38)31-14-16-40-18-17-39-15-12-30/h4-11H,2-3,12-20,30H2,1H3,(H,31,38)(H3,32,33,34,35,36,37). The van der Waals surface area contributed by atoms with E-state index >= 15 is 0 Å². The summed E-state index contributed by atoms with van der Waals surface area (Å²) in [4.78, 5) is 25.7. The second-order valence-corrected chi connectivity index (χ2v) is 8.93. The first-order chi connectivity index (χ1) is 19.6. The summed E-state index contributed by atoms with van der Waals surface area (Å²) in [6.07, 6.45) is 2.29. The lowest BCUT2D eigenvalue weighted by Gasteiger charge is -2.12. The van der Waals surface area contributed by atoms with Crippen LogP contribution in [-0.4, -0.2) is 66.9 Å². The number of benzene rings is 2. The van der Waals surface area contributed by atoms with Crippen molar-refractivity contribution in [2.75, 3.05) is 62.0 Å². The molecule has 1 heterocycles. The summed E-state index contributed by atoms with van der Waals surface area (Å²) in [5.74, 6) is 0.847. The number of nitrogens with zero attached hydrogens (tertiary/aromatic N) is 3. The zero-order valence-corrected chi connectivity index (χ0v) is 22.9. The average molecular weight is 555 g/mol. The van der Waals surface area contributed by atoms with Crippen LogP contribution in [0.15, 0.2) is 48.5 Å². The first-order valence-corrected chi connectivity index (χ1v) is 13.5. The molecule has 0 unspecified atom stereocenters. The van der Waals surface area contributed by atoms with Gasteiger partial charge in [-0.25, -0.2) is 4.39 Å². The zero-order chi connectivity index (χ0) is 28.4. The molecule has 11 nitrogen and oxygen atoms in total. The van der Waals surface area contributed by atoms with Gasteiger partial charge in [0.15, 0.2) is 0 Å². The summed E-state index contributed by atoms with van der Waals surface area (Å²) >= 11 is 0. The third-order valence-electron chi connectivity index (χ3n) is 5.59. The molecule has 0 radical (unpaired) electrons. The van der Waals surface area contributed by atoms with E-state index in [1.165, 1.54) is 12.1 Å². The smallest absolute Gasteiger partial charge is 0.233 e. The summed E-state index contributed by atoms with van der Waals surface area (Å²) in [5, 5.41) is 12.5. The van der Waals surface area contributed by atoms with Gasteiger partial charge in [-0.1, -0.05) is 37.6 Å². The second-order valence-electron chi connectivity index (χ2n) is 8.93. The third kappa shape index (κ3) is 11.9. The van der Waals surface area contributed by atoms with E-state index in [0.29, 0.717) is 63.9 Å². The molecule has 0 spiro atoms. The number of carbonyl (C=O) groups excluding carboxylic acids is 1. The van der Waals surface area contributed by atoms with Crippen LogP contribution in [0.2, 0.25) is 0 Å². The first kappa shape index (κ1) is 30.7. The predicted molar refractivity (Wildman–Crippen MR) is 154 cm³/mol. The van der Waals surface area contributed by atoms with Crippen molar-refractivity contribution in [2.24, 2.45) is 5.73 Å². The van der Waals surface area contributed by atoms with E-state index in [1.54, 1.807) is 12.1 Å². The van der Waals surface area contributed by atoms with Gasteiger partial charge in [0.1, 0.15) is 5.82 Å². The molecule has 0 fully saturated rings. The molecule has 12 heteroatoms. The van der Waals surface area contributed by atoms with Crippen molar-refractivity contribution in [3.8, 4) is 0 Å².